The summed E-state index contributed by atoms with van der Waals surface area (Å²) < 4.78 is 2.64. The second-order valence-corrected chi connectivity index (χ2v) is 3.88. The minimum Gasteiger partial charge on any atom is -0.391 e. The topological polar surface area (TPSA) is 63.8 Å². The number of hydrogen-bond acceptors (Lipinski definition) is 4. The lowest BCUT2D eigenvalue weighted by atomic mass is 10.3. The Morgan fingerprint density at radius 1 is 1.43 bits per heavy atom. The van der Waals surface area contributed by atoms with Crippen LogP contribution in [0.4, 0.5) is 0 Å². The Morgan fingerprint density at radius 3 is 2.93 bits per heavy atom. The average molecular weight is 302 g/mol. The normalized spacial score (nSPS) is 10.4. The van der Waals surface area contributed by atoms with Crippen LogP contribution in [0.15, 0.2) is 24.9 Å². The van der Waals surface area contributed by atoms with Crippen LogP contribution in [-0.2, 0) is 6.61 Å². The molecule has 2 rings (SSSR count). The summed E-state index contributed by atoms with van der Waals surface area (Å²) in [7, 11) is 0. The number of aromatic nitrogens is 4. The van der Waals surface area contributed by atoms with Crippen LogP contribution in [-0.4, -0.2) is 24.9 Å². The first-order valence-electron chi connectivity index (χ1n) is 3.91. The molecule has 5 nitrogen and oxygen atoms in total. The summed E-state index contributed by atoms with van der Waals surface area (Å²) in [5.41, 5.74) is 0.659. The van der Waals surface area contributed by atoms with E-state index in [2.05, 4.69) is 37.7 Å². The first-order chi connectivity index (χ1) is 6.81. The van der Waals surface area contributed by atoms with Gasteiger partial charge in [0.1, 0.15) is 6.33 Å². The van der Waals surface area contributed by atoms with Crippen LogP contribution in [0, 0.1) is 3.57 Å². The van der Waals surface area contributed by atoms with Crippen LogP contribution < -0.4 is 0 Å². The predicted octanol–water partition coefficient (Wildman–Crippen LogP) is 0.759. The Bertz CT molecular complexity index is 442. The Hall–Kier alpha value is -1.02. The molecule has 0 amide bonds. The maximum absolute atomic E-state index is 9.06. The van der Waals surface area contributed by atoms with Crippen LogP contribution in [0.1, 0.15) is 5.56 Å². The van der Waals surface area contributed by atoms with Gasteiger partial charge in [-0.15, -0.1) is 0 Å². The quantitative estimate of drug-likeness (QED) is 0.832. The first-order valence-corrected chi connectivity index (χ1v) is 4.99. The summed E-state index contributed by atoms with van der Waals surface area (Å²) >= 11 is 2.16. The zero-order valence-corrected chi connectivity index (χ0v) is 9.29. The van der Waals surface area contributed by atoms with E-state index in [0.29, 0.717) is 11.4 Å². The average Bonchev–Trinajstić information content (AvgIpc) is 2.65. The Labute approximate surface area is 94.0 Å². The molecular formula is C8H7IN4O. The SMILES string of the molecule is OCc1cncnc1-n1cc(I)cn1. The molecule has 0 unspecified atom stereocenters. The molecule has 0 spiro atoms. The minimum absolute atomic E-state index is 0.0907. The molecule has 0 radical (unpaired) electrons. The van der Waals surface area contributed by atoms with Crippen molar-refractivity contribution >= 4 is 22.6 Å². The zero-order valence-electron chi connectivity index (χ0n) is 7.13. The van der Waals surface area contributed by atoms with Gasteiger partial charge in [0.25, 0.3) is 0 Å². The molecule has 0 bridgehead atoms. The van der Waals surface area contributed by atoms with E-state index in [-0.39, 0.29) is 6.61 Å². The number of aliphatic hydroxyl groups excluding tert-OH is 1. The number of nitrogens with zero attached hydrogens (tertiary/aromatic N) is 4. The van der Waals surface area contributed by atoms with E-state index in [1.54, 1.807) is 17.1 Å². The molecule has 14 heavy (non-hydrogen) atoms. The third kappa shape index (κ3) is 1.75. The van der Waals surface area contributed by atoms with E-state index in [1.165, 1.54) is 6.33 Å². The molecule has 0 aliphatic rings. The lowest BCUT2D eigenvalue weighted by Gasteiger charge is -2.03. The third-order valence-electron chi connectivity index (χ3n) is 1.70. The summed E-state index contributed by atoms with van der Waals surface area (Å²) in [5.74, 6) is 0.616. The second kappa shape index (κ2) is 4.01. The van der Waals surface area contributed by atoms with E-state index in [9.17, 15) is 0 Å². The summed E-state index contributed by atoms with van der Waals surface area (Å²) in [6, 6.07) is 0. The molecule has 2 heterocycles. The predicted molar refractivity (Wildman–Crippen MR) is 57.8 cm³/mol. The van der Waals surface area contributed by atoms with Gasteiger partial charge in [0, 0.05) is 18.0 Å². The maximum atomic E-state index is 9.06. The summed E-state index contributed by atoms with van der Waals surface area (Å²) in [6.45, 7) is -0.0907. The molecule has 1 N–H and O–H groups in total. The molecule has 0 saturated heterocycles. The van der Waals surface area contributed by atoms with Gasteiger partial charge < -0.3 is 5.11 Å². The van der Waals surface area contributed by atoms with Crippen LogP contribution >= 0.6 is 22.6 Å². The van der Waals surface area contributed by atoms with Gasteiger partial charge in [-0.25, -0.2) is 14.6 Å². The monoisotopic (exact) mass is 302 g/mol. The standard InChI is InChI=1S/C8H7IN4O/c9-7-2-12-13(3-7)8-6(4-14)1-10-5-11-8/h1-3,5,14H,4H2. The van der Waals surface area contributed by atoms with Crippen molar-refractivity contribution in [1.29, 1.82) is 0 Å². The smallest absolute Gasteiger partial charge is 0.162 e. The third-order valence-corrected chi connectivity index (χ3v) is 2.26. The van der Waals surface area contributed by atoms with E-state index in [4.69, 9.17) is 5.11 Å². The fourth-order valence-electron chi connectivity index (χ4n) is 1.09. The maximum Gasteiger partial charge on any atom is 0.162 e. The highest BCUT2D eigenvalue weighted by Gasteiger charge is 2.05. The lowest BCUT2D eigenvalue weighted by molar-refractivity contribution is 0.280. The summed E-state index contributed by atoms with van der Waals surface area (Å²) in [5, 5.41) is 13.2. The van der Waals surface area contributed by atoms with Crippen molar-refractivity contribution in [2.45, 2.75) is 6.61 Å². The number of aliphatic hydroxyl groups is 1. The van der Waals surface area contributed by atoms with E-state index in [1.807, 2.05) is 6.20 Å². The van der Waals surface area contributed by atoms with Crippen LogP contribution in [0.3, 0.4) is 0 Å². The zero-order chi connectivity index (χ0) is 9.97. The molecule has 2 aromatic heterocycles. The Morgan fingerprint density at radius 2 is 2.29 bits per heavy atom. The van der Waals surface area contributed by atoms with Gasteiger partial charge in [-0.05, 0) is 22.6 Å². The largest absolute Gasteiger partial charge is 0.391 e. The van der Waals surface area contributed by atoms with E-state index >= 15 is 0 Å². The lowest BCUT2D eigenvalue weighted by Crippen LogP contribution is -2.03. The number of halogens is 1. The van der Waals surface area contributed by atoms with Crippen molar-refractivity contribution in [3.05, 3.63) is 34.1 Å². The molecule has 2 aromatic rings. The molecule has 6 heteroatoms. The van der Waals surface area contributed by atoms with Crippen molar-refractivity contribution < 1.29 is 5.11 Å². The van der Waals surface area contributed by atoms with Crippen molar-refractivity contribution in [1.82, 2.24) is 19.7 Å². The van der Waals surface area contributed by atoms with Gasteiger partial charge in [-0.3, -0.25) is 0 Å². The van der Waals surface area contributed by atoms with Crippen molar-refractivity contribution in [2.75, 3.05) is 0 Å². The minimum atomic E-state index is -0.0907. The van der Waals surface area contributed by atoms with Gasteiger partial charge >= 0.3 is 0 Å². The van der Waals surface area contributed by atoms with Gasteiger partial charge in [-0.2, -0.15) is 5.10 Å². The van der Waals surface area contributed by atoms with E-state index in [0.717, 1.165) is 3.57 Å². The fraction of sp³-hybridized carbons (Fsp3) is 0.125. The summed E-state index contributed by atoms with van der Waals surface area (Å²) in [4.78, 5) is 7.89. The highest BCUT2D eigenvalue weighted by Crippen LogP contribution is 2.11. The highest BCUT2D eigenvalue weighted by molar-refractivity contribution is 14.1. The molecule has 0 aromatic carbocycles. The highest BCUT2D eigenvalue weighted by atomic mass is 127. The summed E-state index contributed by atoms with van der Waals surface area (Å²) in [6.07, 6.45) is 6.58. The molecular weight excluding hydrogens is 295 g/mol. The number of rotatable bonds is 2. The molecule has 0 fully saturated rings. The van der Waals surface area contributed by atoms with Crippen molar-refractivity contribution in [2.24, 2.45) is 0 Å². The molecule has 0 aliphatic heterocycles. The molecule has 0 saturated carbocycles. The Kier molecular flexibility index (Phi) is 2.73. The van der Waals surface area contributed by atoms with Gasteiger partial charge in [0.15, 0.2) is 5.82 Å². The molecule has 0 aliphatic carbocycles. The van der Waals surface area contributed by atoms with Gasteiger partial charge in [0.05, 0.1) is 16.4 Å². The fourth-order valence-corrected chi connectivity index (χ4v) is 1.47. The second-order valence-electron chi connectivity index (χ2n) is 2.63. The first kappa shape index (κ1) is 9.53. The molecule has 72 valence electrons. The van der Waals surface area contributed by atoms with Gasteiger partial charge in [0.2, 0.25) is 0 Å². The Balaban J connectivity index is 2.50. The van der Waals surface area contributed by atoms with E-state index < -0.39 is 0 Å². The number of hydrogen-bond donors (Lipinski definition) is 1. The van der Waals surface area contributed by atoms with Crippen molar-refractivity contribution in [3.8, 4) is 5.82 Å². The van der Waals surface area contributed by atoms with Crippen LogP contribution in [0.2, 0.25) is 0 Å². The van der Waals surface area contributed by atoms with Gasteiger partial charge in [-0.1, -0.05) is 0 Å². The molecule has 0 atom stereocenters. The van der Waals surface area contributed by atoms with Crippen molar-refractivity contribution in [3.63, 3.8) is 0 Å². The van der Waals surface area contributed by atoms with Crippen LogP contribution in [0.5, 0.6) is 0 Å². The van der Waals surface area contributed by atoms with Crippen LogP contribution in [0.25, 0.3) is 5.82 Å².